The van der Waals surface area contributed by atoms with E-state index in [1.54, 1.807) is 20.1 Å². The minimum absolute atomic E-state index is 0.0220. The van der Waals surface area contributed by atoms with Crippen LogP contribution in [0.4, 0.5) is 0 Å². The fourth-order valence-electron chi connectivity index (χ4n) is 5.28. The van der Waals surface area contributed by atoms with Gasteiger partial charge in [-0.2, -0.15) is 0 Å². The fourth-order valence-corrected chi connectivity index (χ4v) is 6.00. The molecule has 1 rings (SSSR count). The molecule has 2 amide bonds. The van der Waals surface area contributed by atoms with E-state index in [-0.39, 0.29) is 24.5 Å². The van der Waals surface area contributed by atoms with Crippen molar-refractivity contribution in [3.05, 3.63) is 58.7 Å². The molecule has 0 fully saturated rings. The summed E-state index contributed by atoms with van der Waals surface area (Å²) < 4.78 is 28.3. The van der Waals surface area contributed by atoms with Crippen molar-refractivity contribution in [3.63, 3.8) is 0 Å². The lowest BCUT2D eigenvalue weighted by Crippen LogP contribution is -2.49. The van der Waals surface area contributed by atoms with Gasteiger partial charge in [0.15, 0.2) is 0 Å². The third-order valence-corrected chi connectivity index (χ3v) is 9.17. The first-order chi connectivity index (χ1) is 22.4. The van der Waals surface area contributed by atoms with Crippen LogP contribution in [0.2, 0.25) is 0 Å². The van der Waals surface area contributed by atoms with Gasteiger partial charge in [0, 0.05) is 32.3 Å². The average molecular weight is 697 g/mol. The van der Waals surface area contributed by atoms with E-state index in [9.17, 15) is 24.2 Å². The zero-order valence-corrected chi connectivity index (χ0v) is 31.7. The van der Waals surface area contributed by atoms with Crippen molar-refractivity contribution >= 4 is 19.6 Å². The monoisotopic (exact) mass is 696 g/mol. The van der Waals surface area contributed by atoms with Crippen LogP contribution in [0, 0.1) is 11.3 Å². The summed E-state index contributed by atoms with van der Waals surface area (Å²) in [4.78, 5) is 36.1. The van der Waals surface area contributed by atoms with Gasteiger partial charge in [-0.15, -0.1) is 0 Å². The van der Waals surface area contributed by atoms with Crippen LogP contribution in [-0.4, -0.2) is 100 Å². The zero-order chi connectivity index (χ0) is 36.4. The zero-order valence-electron chi connectivity index (χ0n) is 30.8. The number of hydrogen-bond donors (Lipinski definition) is 4. The molecule has 0 aromatic heterocycles. The van der Waals surface area contributed by atoms with Crippen molar-refractivity contribution in [1.29, 1.82) is 0 Å². The van der Waals surface area contributed by atoms with Crippen LogP contribution in [0.5, 0.6) is 0 Å². The number of allylic oxidation sites excluding steroid dienone is 9. The van der Waals surface area contributed by atoms with Crippen LogP contribution >= 0.6 is 7.82 Å². The highest BCUT2D eigenvalue weighted by Crippen LogP contribution is 2.43. The van der Waals surface area contributed by atoms with Gasteiger partial charge in [0.25, 0.3) is 0 Å². The molecule has 0 aliphatic heterocycles. The molecule has 12 heteroatoms. The highest BCUT2D eigenvalue weighted by molar-refractivity contribution is 7.47. The van der Waals surface area contributed by atoms with Crippen LogP contribution < -0.4 is 10.6 Å². The van der Waals surface area contributed by atoms with Gasteiger partial charge in [0.05, 0.1) is 34.4 Å². The van der Waals surface area contributed by atoms with E-state index in [1.165, 1.54) is 30.1 Å². The van der Waals surface area contributed by atoms with Crippen molar-refractivity contribution in [1.82, 2.24) is 10.6 Å². The molecule has 0 heterocycles. The number of phosphoric acid groups is 1. The SMILES string of the molecule is COCC(CO)CCCCNC(=O)[C@H](COP(=O)(O)OCC[N+](C)(C)C)NC(=O)/C=C(C)/C=C/C=C(C)/C=C/C1=C(C)CCCC1(C)C. The molecule has 11 nitrogen and oxygen atoms in total. The van der Waals surface area contributed by atoms with Gasteiger partial charge >= 0.3 is 7.82 Å². The Kier molecular flexibility index (Phi) is 19.7. The largest absolute Gasteiger partial charge is 0.472 e. The van der Waals surface area contributed by atoms with Gasteiger partial charge in [-0.1, -0.05) is 61.8 Å². The number of aliphatic hydroxyl groups excluding tert-OH is 1. The maximum atomic E-state index is 13.0. The summed E-state index contributed by atoms with van der Waals surface area (Å²) in [5.41, 5.74) is 4.73. The minimum Gasteiger partial charge on any atom is -0.396 e. The summed E-state index contributed by atoms with van der Waals surface area (Å²) in [5, 5.41) is 14.8. The number of quaternary nitrogens is 1. The number of likely N-dealkylation sites (N-methyl/N-ethyl adjacent to an activating group) is 1. The predicted molar refractivity (Wildman–Crippen MR) is 192 cm³/mol. The maximum Gasteiger partial charge on any atom is 0.472 e. The number of nitrogens with zero attached hydrogens (tertiary/aromatic N) is 1. The van der Waals surface area contributed by atoms with E-state index < -0.39 is 32.3 Å². The number of rotatable bonds is 22. The Labute approximate surface area is 289 Å². The Morgan fingerprint density at radius 1 is 1.08 bits per heavy atom. The van der Waals surface area contributed by atoms with Crippen molar-refractivity contribution in [2.24, 2.45) is 11.3 Å². The number of aliphatic hydroxyl groups is 1. The topological polar surface area (TPSA) is 143 Å². The van der Waals surface area contributed by atoms with Gasteiger partial charge in [0.1, 0.15) is 19.2 Å². The number of methoxy groups -OCH3 is 1. The van der Waals surface area contributed by atoms with E-state index in [2.05, 4.69) is 43.6 Å². The van der Waals surface area contributed by atoms with E-state index in [0.29, 0.717) is 36.2 Å². The quantitative estimate of drug-likeness (QED) is 0.0389. The van der Waals surface area contributed by atoms with Gasteiger partial charge in [0.2, 0.25) is 11.8 Å². The summed E-state index contributed by atoms with van der Waals surface area (Å²) in [6.07, 6.45) is 17.0. The van der Waals surface area contributed by atoms with E-state index in [1.807, 2.05) is 40.2 Å². The Balaban J connectivity index is 2.87. The van der Waals surface area contributed by atoms with Gasteiger partial charge < -0.3 is 29.9 Å². The number of ether oxygens (including phenoxy) is 1. The molecule has 48 heavy (non-hydrogen) atoms. The Morgan fingerprint density at radius 2 is 1.79 bits per heavy atom. The number of hydrogen-bond acceptors (Lipinski definition) is 7. The highest BCUT2D eigenvalue weighted by atomic mass is 31.2. The second kappa shape index (κ2) is 21.7. The standard InChI is InChI=1S/C36H62N3O8P/c1-28(18-19-32-30(3)16-13-20-36(32,4)5)14-12-15-29(2)24-34(41)38-33(27-47-48(43,44)46-23-22-39(6,7)8)35(42)37-21-11-10-17-31(25-40)26-45-9/h12,14-15,18-19,24,31,33,40H,10-11,13,16-17,20-23,25-27H2,1-9H3,(H2-,37,38,41,42,43,44)/p+1/b15-12+,19-18+,28-14+,29-24+/t31?,33-/m0/s1. The lowest BCUT2D eigenvalue weighted by atomic mass is 9.72. The lowest BCUT2D eigenvalue weighted by Gasteiger charge is -2.32. The normalized spacial score (nSPS) is 18.6. The first kappa shape index (κ1) is 43.7. The molecule has 2 unspecified atom stereocenters. The molecule has 4 N–H and O–H groups in total. The maximum absolute atomic E-state index is 13.0. The van der Waals surface area contributed by atoms with Crippen LogP contribution in [0.25, 0.3) is 0 Å². The Morgan fingerprint density at radius 3 is 2.42 bits per heavy atom. The van der Waals surface area contributed by atoms with Crippen LogP contribution in [0.1, 0.15) is 73.1 Å². The van der Waals surface area contributed by atoms with Gasteiger partial charge in [-0.05, 0) is 69.4 Å². The fraction of sp³-hybridized carbons (Fsp3) is 0.667. The number of nitrogens with one attached hydrogen (secondary N) is 2. The van der Waals surface area contributed by atoms with Crippen molar-refractivity contribution < 1.29 is 42.4 Å². The summed E-state index contributed by atoms with van der Waals surface area (Å²) in [6.45, 7) is 11.3. The molecule has 0 radical (unpaired) electrons. The number of amides is 2. The molecule has 0 saturated carbocycles. The average Bonchev–Trinajstić information content (AvgIpc) is 2.97. The van der Waals surface area contributed by atoms with Gasteiger partial charge in [-0.25, -0.2) is 4.57 Å². The van der Waals surface area contributed by atoms with E-state index in [4.69, 9.17) is 13.8 Å². The van der Waals surface area contributed by atoms with Crippen molar-refractivity contribution in [2.45, 2.75) is 79.2 Å². The second-order valence-electron chi connectivity index (χ2n) is 14.4. The molecule has 0 bridgehead atoms. The second-order valence-corrected chi connectivity index (χ2v) is 15.8. The highest BCUT2D eigenvalue weighted by Gasteiger charge is 2.29. The van der Waals surface area contributed by atoms with E-state index in [0.717, 1.165) is 24.8 Å². The molecule has 0 spiro atoms. The number of unbranched alkanes of at least 4 members (excludes halogenated alkanes) is 1. The predicted octanol–water partition coefficient (Wildman–Crippen LogP) is 5.38. The molecule has 0 aromatic rings. The summed E-state index contributed by atoms with van der Waals surface area (Å²) in [7, 11) is 2.87. The molecular formula is C36H63N3O8P+. The Hall–Kier alpha value is -2.37. The van der Waals surface area contributed by atoms with Crippen LogP contribution in [-0.2, 0) is 27.9 Å². The third-order valence-electron chi connectivity index (χ3n) is 8.19. The number of phosphoric ester groups is 1. The first-order valence-electron chi connectivity index (χ1n) is 16.9. The van der Waals surface area contributed by atoms with Crippen LogP contribution in [0.15, 0.2) is 58.7 Å². The summed E-state index contributed by atoms with van der Waals surface area (Å²) >= 11 is 0. The molecule has 0 aromatic carbocycles. The first-order valence-corrected chi connectivity index (χ1v) is 18.4. The smallest absolute Gasteiger partial charge is 0.396 e. The lowest BCUT2D eigenvalue weighted by molar-refractivity contribution is -0.870. The molecule has 274 valence electrons. The molecule has 1 aliphatic rings. The van der Waals surface area contributed by atoms with E-state index >= 15 is 0 Å². The van der Waals surface area contributed by atoms with Gasteiger partial charge in [-0.3, -0.25) is 18.6 Å². The number of carbonyl (C=O) groups excluding carboxylic acids is 2. The summed E-state index contributed by atoms with van der Waals surface area (Å²) in [6, 6.07) is -1.24. The minimum atomic E-state index is -4.47. The van der Waals surface area contributed by atoms with Crippen molar-refractivity contribution in [2.75, 3.05) is 67.8 Å². The van der Waals surface area contributed by atoms with Crippen molar-refractivity contribution in [3.8, 4) is 0 Å². The van der Waals surface area contributed by atoms with Crippen LogP contribution in [0.3, 0.4) is 0 Å². The molecule has 0 saturated heterocycles. The molecule has 3 atom stereocenters. The summed E-state index contributed by atoms with van der Waals surface area (Å²) in [5.74, 6) is -1.07. The molecule has 1 aliphatic carbocycles. The molecular weight excluding hydrogens is 633 g/mol. The Bertz CT molecular complexity index is 1230. The number of carbonyl (C=O) groups is 2. The third kappa shape index (κ3) is 19.0.